The molecule has 4 aliphatic rings. The Morgan fingerprint density at radius 2 is 1.77 bits per heavy atom. The molecule has 4 fully saturated rings. The van der Waals surface area contributed by atoms with Crippen molar-refractivity contribution in [3.63, 3.8) is 0 Å². The fourth-order valence-corrected chi connectivity index (χ4v) is 6.94. The molecule has 0 radical (unpaired) electrons. The van der Waals surface area contributed by atoms with E-state index in [1.54, 1.807) is 0 Å². The zero-order chi connectivity index (χ0) is 15.9. The minimum atomic E-state index is -0.137. The number of ether oxygens (including phenoxy) is 2. The summed E-state index contributed by atoms with van der Waals surface area (Å²) < 4.78 is 12.9. The van der Waals surface area contributed by atoms with Crippen LogP contribution in [0.3, 0.4) is 0 Å². The topological polar surface area (TPSA) is 18.5 Å². The number of rotatable bonds is 1. The van der Waals surface area contributed by atoms with Crippen molar-refractivity contribution < 1.29 is 9.47 Å². The summed E-state index contributed by atoms with van der Waals surface area (Å²) in [5.41, 5.74) is 2.07. The highest BCUT2D eigenvalue weighted by Crippen LogP contribution is 2.74. The molecule has 3 saturated carbocycles. The molecule has 0 aromatic carbocycles. The predicted molar refractivity (Wildman–Crippen MR) is 88.4 cm³/mol. The van der Waals surface area contributed by atoms with Crippen molar-refractivity contribution in [3.8, 4) is 0 Å². The molecule has 1 heterocycles. The molecule has 0 N–H and O–H groups in total. The molecule has 2 heteroatoms. The van der Waals surface area contributed by atoms with Gasteiger partial charge in [0, 0.05) is 0 Å². The molecule has 2 bridgehead atoms. The Hall–Kier alpha value is -0.340. The predicted octanol–water partition coefficient (Wildman–Crippen LogP) is 4.94. The third-order valence-corrected chi connectivity index (χ3v) is 7.98. The zero-order valence-electron chi connectivity index (χ0n) is 15.1. The fraction of sp³-hybridized carbons (Fsp3) is 0.900. The highest BCUT2D eigenvalue weighted by Gasteiger charge is 2.73. The quantitative estimate of drug-likeness (QED) is 0.639. The summed E-state index contributed by atoms with van der Waals surface area (Å²) in [6.45, 7) is 14.1. The summed E-state index contributed by atoms with van der Waals surface area (Å²) in [5, 5.41) is 0. The van der Waals surface area contributed by atoms with Crippen LogP contribution in [-0.2, 0) is 9.47 Å². The van der Waals surface area contributed by atoms with Gasteiger partial charge in [0.2, 0.25) is 0 Å². The van der Waals surface area contributed by atoms with Crippen molar-refractivity contribution in [3.05, 3.63) is 11.6 Å². The summed E-state index contributed by atoms with van der Waals surface area (Å²) >= 11 is 0. The smallest absolute Gasteiger partial charge is 0.178 e. The van der Waals surface area contributed by atoms with E-state index in [4.69, 9.17) is 9.47 Å². The molecule has 22 heavy (non-hydrogen) atoms. The first-order valence-electron chi connectivity index (χ1n) is 9.18. The average Bonchev–Trinajstić information content (AvgIpc) is 2.93. The van der Waals surface area contributed by atoms with Gasteiger partial charge in [-0.2, -0.15) is 0 Å². The lowest BCUT2D eigenvalue weighted by Gasteiger charge is -2.47. The lowest BCUT2D eigenvalue weighted by atomic mass is 9.63. The van der Waals surface area contributed by atoms with E-state index in [1.807, 2.05) is 0 Å². The summed E-state index contributed by atoms with van der Waals surface area (Å²) in [4.78, 5) is 0. The Morgan fingerprint density at radius 1 is 1.05 bits per heavy atom. The van der Waals surface area contributed by atoms with E-state index in [9.17, 15) is 0 Å². The van der Waals surface area contributed by atoms with Gasteiger partial charge in [-0.1, -0.05) is 26.3 Å². The third-order valence-electron chi connectivity index (χ3n) is 7.98. The maximum absolute atomic E-state index is 6.53. The molecule has 1 spiro atoms. The molecule has 0 amide bonds. The summed E-state index contributed by atoms with van der Waals surface area (Å²) in [5.74, 6) is 2.33. The SMILES string of the molecule is CC(C)=C[C@@H]1O[C@H]2C[C@@]34C[C@H](C(C)(C)[C@@H]3CC[C@H]4C)[C@@]2(C)O1. The van der Waals surface area contributed by atoms with E-state index in [2.05, 4.69) is 47.6 Å². The minimum Gasteiger partial charge on any atom is -0.343 e. The van der Waals surface area contributed by atoms with Gasteiger partial charge >= 0.3 is 0 Å². The van der Waals surface area contributed by atoms with Gasteiger partial charge in [-0.25, -0.2) is 0 Å². The Balaban J connectivity index is 1.73. The van der Waals surface area contributed by atoms with Crippen molar-refractivity contribution in [1.82, 2.24) is 0 Å². The van der Waals surface area contributed by atoms with Gasteiger partial charge in [0.1, 0.15) is 0 Å². The molecule has 2 nitrogen and oxygen atoms in total. The van der Waals surface area contributed by atoms with Crippen LogP contribution >= 0.6 is 0 Å². The summed E-state index contributed by atoms with van der Waals surface area (Å²) in [7, 11) is 0. The molecular weight excluding hydrogens is 272 g/mol. The van der Waals surface area contributed by atoms with Crippen LogP contribution in [0.25, 0.3) is 0 Å². The molecule has 124 valence electrons. The van der Waals surface area contributed by atoms with E-state index < -0.39 is 0 Å². The van der Waals surface area contributed by atoms with Gasteiger partial charge in [-0.05, 0) is 81.1 Å². The molecular formula is C20H32O2. The molecule has 3 aliphatic carbocycles. The van der Waals surface area contributed by atoms with Crippen LogP contribution in [0.1, 0.15) is 67.2 Å². The van der Waals surface area contributed by atoms with Crippen LogP contribution in [-0.4, -0.2) is 18.0 Å². The lowest BCUT2D eigenvalue weighted by Crippen LogP contribution is -2.52. The van der Waals surface area contributed by atoms with E-state index in [0.717, 1.165) is 11.8 Å². The zero-order valence-corrected chi connectivity index (χ0v) is 15.1. The number of hydrogen-bond donors (Lipinski definition) is 0. The molecule has 4 rings (SSSR count). The maximum atomic E-state index is 6.53. The minimum absolute atomic E-state index is 0.102. The Morgan fingerprint density at radius 3 is 2.45 bits per heavy atom. The second kappa shape index (κ2) is 4.39. The average molecular weight is 304 g/mol. The summed E-state index contributed by atoms with van der Waals surface area (Å²) in [6.07, 6.45) is 7.66. The van der Waals surface area contributed by atoms with Gasteiger partial charge in [0.25, 0.3) is 0 Å². The molecule has 1 aliphatic heterocycles. The first-order valence-corrected chi connectivity index (χ1v) is 9.18. The van der Waals surface area contributed by atoms with Gasteiger partial charge in [0.15, 0.2) is 6.29 Å². The third kappa shape index (κ3) is 1.69. The highest BCUT2D eigenvalue weighted by molar-refractivity contribution is 5.21. The van der Waals surface area contributed by atoms with Gasteiger partial charge in [0.05, 0.1) is 11.7 Å². The van der Waals surface area contributed by atoms with Crippen molar-refractivity contribution >= 4 is 0 Å². The Kier molecular flexibility index (Phi) is 3.03. The van der Waals surface area contributed by atoms with Crippen LogP contribution in [0.2, 0.25) is 0 Å². The second-order valence-corrected chi connectivity index (χ2v) is 9.59. The first-order chi connectivity index (χ1) is 10.2. The number of hydrogen-bond acceptors (Lipinski definition) is 2. The highest BCUT2D eigenvalue weighted by atomic mass is 16.7. The number of fused-ring (bicyclic) bond motifs is 3. The van der Waals surface area contributed by atoms with Gasteiger partial charge < -0.3 is 9.47 Å². The van der Waals surface area contributed by atoms with E-state index in [-0.39, 0.29) is 18.0 Å². The lowest BCUT2D eigenvalue weighted by molar-refractivity contribution is -0.105. The maximum Gasteiger partial charge on any atom is 0.178 e. The molecule has 0 aromatic rings. The van der Waals surface area contributed by atoms with Crippen LogP contribution < -0.4 is 0 Å². The summed E-state index contributed by atoms with van der Waals surface area (Å²) in [6, 6.07) is 0. The molecule has 0 aromatic heterocycles. The van der Waals surface area contributed by atoms with E-state index in [1.165, 1.54) is 31.3 Å². The number of allylic oxidation sites excluding steroid dienone is 1. The normalized spacial score (nSPS) is 54.9. The largest absolute Gasteiger partial charge is 0.343 e. The van der Waals surface area contributed by atoms with E-state index in [0.29, 0.717) is 16.7 Å². The fourth-order valence-electron chi connectivity index (χ4n) is 6.94. The van der Waals surface area contributed by atoms with Gasteiger partial charge in [-0.15, -0.1) is 0 Å². The van der Waals surface area contributed by atoms with Crippen LogP contribution in [0.15, 0.2) is 11.6 Å². The Labute approximate surface area is 135 Å². The van der Waals surface area contributed by atoms with Crippen LogP contribution in [0.4, 0.5) is 0 Å². The van der Waals surface area contributed by atoms with Crippen molar-refractivity contribution in [2.75, 3.05) is 0 Å². The monoisotopic (exact) mass is 304 g/mol. The molecule has 0 unspecified atom stereocenters. The van der Waals surface area contributed by atoms with Crippen molar-refractivity contribution in [1.29, 1.82) is 0 Å². The van der Waals surface area contributed by atoms with Crippen LogP contribution in [0, 0.1) is 28.6 Å². The van der Waals surface area contributed by atoms with Gasteiger partial charge in [-0.3, -0.25) is 0 Å². The first kappa shape index (κ1) is 15.2. The van der Waals surface area contributed by atoms with Crippen molar-refractivity contribution in [2.24, 2.45) is 28.6 Å². The van der Waals surface area contributed by atoms with E-state index >= 15 is 0 Å². The standard InChI is InChI=1S/C20H32O2/c1-12(2)9-17-21-16-11-20-10-15(19(16,6)22-17)18(4,5)14(20)8-7-13(20)3/h9,13-17H,7-8,10-11H2,1-6H3/t13-,14+,15-,16+,17-,19-,20-/m1/s1. The Bertz CT molecular complexity index is 518. The second-order valence-electron chi connectivity index (χ2n) is 9.59. The van der Waals surface area contributed by atoms with Crippen LogP contribution in [0.5, 0.6) is 0 Å². The molecule has 1 saturated heterocycles. The molecule has 7 atom stereocenters. The van der Waals surface area contributed by atoms with Crippen molar-refractivity contribution in [2.45, 2.75) is 85.2 Å².